The van der Waals surface area contributed by atoms with E-state index in [-0.39, 0.29) is 5.82 Å². The molecule has 0 saturated carbocycles. The molecule has 1 aromatic carbocycles. The Hall–Kier alpha value is -0.910. The lowest BCUT2D eigenvalue weighted by molar-refractivity contribution is 0.199. The molecule has 0 saturated heterocycles. The third-order valence-corrected chi connectivity index (χ3v) is 4.76. The molecule has 1 aromatic heterocycles. The van der Waals surface area contributed by atoms with Gasteiger partial charge in [0.25, 0.3) is 0 Å². The van der Waals surface area contributed by atoms with Crippen molar-refractivity contribution in [1.29, 1.82) is 0 Å². The van der Waals surface area contributed by atoms with E-state index in [0.29, 0.717) is 17.7 Å². The minimum absolute atomic E-state index is 0.281. The first-order chi connectivity index (χ1) is 9.38. The number of halogens is 2. The Balaban J connectivity index is 2.33. The van der Waals surface area contributed by atoms with Crippen LogP contribution in [0.4, 0.5) is 10.1 Å². The fourth-order valence-corrected chi connectivity index (χ4v) is 3.33. The molecule has 0 aliphatic carbocycles. The summed E-state index contributed by atoms with van der Waals surface area (Å²) in [6, 6.07) is 5.29. The molecule has 0 radical (unpaired) electrons. The van der Waals surface area contributed by atoms with E-state index in [1.165, 1.54) is 11.6 Å². The number of nitrogens with zero attached hydrogens (tertiary/aromatic N) is 1. The molecular weight excluding hydrogens is 341 g/mol. The molecule has 5 heteroatoms. The number of benzene rings is 1. The van der Waals surface area contributed by atoms with Crippen LogP contribution in [-0.2, 0) is 6.54 Å². The number of anilines is 1. The summed E-state index contributed by atoms with van der Waals surface area (Å²) in [4.78, 5) is 2.03. The Bertz CT molecular complexity index is 612. The molecular formula is C15H17BrFNOS. The number of hydrogen-bond acceptors (Lipinski definition) is 3. The van der Waals surface area contributed by atoms with Gasteiger partial charge in [-0.05, 0) is 64.5 Å². The zero-order valence-corrected chi connectivity index (χ0v) is 14.1. The van der Waals surface area contributed by atoms with E-state index in [4.69, 9.17) is 0 Å². The first kappa shape index (κ1) is 15.5. The fourth-order valence-electron chi connectivity index (χ4n) is 2.13. The molecule has 0 unspecified atom stereocenters. The lowest BCUT2D eigenvalue weighted by Gasteiger charge is -2.24. The van der Waals surface area contributed by atoms with Gasteiger partial charge >= 0.3 is 0 Å². The second kappa shape index (κ2) is 6.24. The molecule has 1 N–H and O–H groups in total. The minimum atomic E-state index is -0.697. The van der Waals surface area contributed by atoms with Gasteiger partial charge < -0.3 is 10.0 Å². The number of rotatable bonds is 4. The van der Waals surface area contributed by atoms with Crippen LogP contribution in [-0.4, -0.2) is 12.2 Å². The van der Waals surface area contributed by atoms with E-state index < -0.39 is 6.10 Å². The monoisotopic (exact) mass is 357 g/mol. The average molecular weight is 358 g/mol. The van der Waals surface area contributed by atoms with E-state index in [0.717, 1.165) is 9.47 Å². The van der Waals surface area contributed by atoms with Crippen LogP contribution in [0.25, 0.3) is 0 Å². The van der Waals surface area contributed by atoms with Gasteiger partial charge in [0.05, 0.1) is 9.89 Å². The van der Waals surface area contributed by atoms with Crippen LogP contribution in [0.1, 0.15) is 29.7 Å². The third kappa shape index (κ3) is 3.40. The highest BCUT2D eigenvalue weighted by Crippen LogP contribution is 2.30. The second-order valence-electron chi connectivity index (χ2n) is 4.95. The summed E-state index contributed by atoms with van der Waals surface area (Å²) in [5, 5.41) is 11.9. The molecule has 2 nitrogen and oxygen atoms in total. The van der Waals surface area contributed by atoms with E-state index in [1.54, 1.807) is 31.3 Å². The van der Waals surface area contributed by atoms with Crippen LogP contribution < -0.4 is 4.90 Å². The number of hydrogen-bond donors (Lipinski definition) is 1. The number of aliphatic hydroxyl groups excluding tert-OH is 1. The summed E-state index contributed by atoms with van der Waals surface area (Å²) < 4.78 is 14.8. The lowest BCUT2D eigenvalue weighted by atomic mass is 10.0. The van der Waals surface area contributed by atoms with E-state index in [1.807, 2.05) is 11.9 Å². The molecule has 20 heavy (non-hydrogen) atoms. The molecule has 0 bridgehead atoms. The first-order valence-electron chi connectivity index (χ1n) is 6.30. The van der Waals surface area contributed by atoms with Crippen LogP contribution in [0.15, 0.2) is 27.4 Å². The number of thiophene rings is 1. The Morgan fingerprint density at radius 2 is 2.10 bits per heavy atom. The van der Waals surface area contributed by atoms with Gasteiger partial charge in [-0.2, -0.15) is 0 Å². The number of aryl methyl sites for hydroxylation is 1. The predicted octanol–water partition coefficient (Wildman–Crippen LogP) is 4.65. The maximum Gasteiger partial charge on any atom is 0.126 e. The van der Waals surface area contributed by atoms with Gasteiger partial charge in [-0.3, -0.25) is 0 Å². The molecule has 2 aromatic rings. The maximum atomic E-state index is 13.7. The van der Waals surface area contributed by atoms with Crippen molar-refractivity contribution in [1.82, 2.24) is 0 Å². The van der Waals surface area contributed by atoms with Crippen LogP contribution in [0.3, 0.4) is 0 Å². The second-order valence-corrected chi connectivity index (χ2v) is 7.24. The SMILES string of the molecule is Cc1cc(N(C)Cc2csc(Br)c2)c([C@@H](C)O)cc1F. The average Bonchev–Trinajstić information content (AvgIpc) is 2.77. The zero-order chi connectivity index (χ0) is 14.9. The molecule has 1 heterocycles. The standard InChI is InChI=1S/C15H17BrFNOS/c1-9-4-14(12(10(2)19)6-13(9)17)18(3)7-11-5-15(16)20-8-11/h4-6,8,10,19H,7H2,1-3H3/t10-/m1/s1. The van der Waals surface area contributed by atoms with Gasteiger partial charge in [-0.1, -0.05) is 0 Å². The highest BCUT2D eigenvalue weighted by molar-refractivity contribution is 9.11. The normalized spacial score (nSPS) is 12.5. The van der Waals surface area contributed by atoms with Gasteiger partial charge in [0, 0.05) is 24.8 Å². The third-order valence-electron chi connectivity index (χ3n) is 3.21. The molecule has 108 valence electrons. The van der Waals surface area contributed by atoms with Crippen molar-refractivity contribution in [3.8, 4) is 0 Å². The summed E-state index contributed by atoms with van der Waals surface area (Å²) in [6.07, 6.45) is -0.697. The molecule has 2 rings (SSSR count). The Kier molecular flexibility index (Phi) is 4.83. The highest BCUT2D eigenvalue weighted by atomic mass is 79.9. The Morgan fingerprint density at radius 1 is 1.40 bits per heavy atom. The van der Waals surface area contributed by atoms with Crippen molar-refractivity contribution < 1.29 is 9.50 Å². The van der Waals surface area contributed by atoms with Crippen molar-refractivity contribution in [2.75, 3.05) is 11.9 Å². The summed E-state index contributed by atoms with van der Waals surface area (Å²) in [6.45, 7) is 4.11. The van der Waals surface area contributed by atoms with Crippen LogP contribution >= 0.6 is 27.3 Å². The van der Waals surface area contributed by atoms with Gasteiger partial charge in [0.1, 0.15) is 5.82 Å². The lowest BCUT2D eigenvalue weighted by Crippen LogP contribution is -2.19. The van der Waals surface area contributed by atoms with Gasteiger partial charge in [0.2, 0.25) is 0 Å². The minimum Gasteiger partial charge on any atom is -0.389 e. The van der Waals surface area contributed by atoms with E-state index in [2.05, 4.69) is 27.4 Å². The van der Waals surface area contributed by atoms with Crippen LogP contribution in [0, 0.1) is 12.7 Å². The Labute approximate surface area is 131 Å². The largest absolute Gasteiger partial charge is 0.389 e. The van der Waals surface area contributed by atoms with E-state index >= 15 is 0 Å². The predicted molar refractivity (Wildman–Crippen MR) is 85.9 cm³/mol. The fraction of sp³-hybridized carbons (Fsp3) is 0.333. The van der Waals surface area contributed by atoms with Crippen molar-refractivity contribution >= 4 is 33.0 Å². The smallest absolute Gasteiger partial charge is 0.126 e. The van der Waals surface area contributed by atoms with Crippen LogP contribution in [0.5, 0.6) is 0 Å². The van der Waals surface area contributed by atoms with Crippen molar-refractivity contribution in [3.63, 3.8) is 0 Å². The molecule has 0 spiro atoms. The first-order valence-corrected chi connectivity index (χ1v) is 7.98. The topological polar surface area (TPSA) is 23.5 Å². The molecule has 0 aliphatic heterocycles. The molecule has 0 amide bonds. The van der Waals surface area contributed by atoms with Crippen LogP contribution in [0.2, 0.25) is 0 Å². The van der Waals surface area contributed by atoms with Gasteiger partial charge in [0.15, 0.2) is 0 Å². The summed E-state index contributed by atoms with van der Waals surface area (Å²) in [7, 11) is 1.95. The van der Waals surface area contributed by atoms with Crippen molar-refractivity contribution in [2.45, 2.75) is 26.5 Å². The highest BCUT2D eigenvalue weighted by Gasteiger charge is 2.15. The van der Waals surface area contributed by atoms with Crippen molar-refractivity contribution in [3.05, 3.63) is 49.9 Å². The van der Waals surface area contributed by atoms with Crippen molar-refractivity contribution in [2.24, 2.45) is 0 Å². The quantitative estimate of drug-likeness (QED) is 0.860. The summed E-state index contributed by atoms with van der Waals surface area (Å²) >= 11 is 5.09. The molecule has 1 atom stereocenters. The van der Waals surface area contributed by atoms with E-state index in [9.17, 15) is 9.50 Å². The zero-order valence-electron chi connectivity index (χ0n) is 11.7. The summed E-state index contributed by atoms with van der Waals surface area (Å²) in [5.41, 5.74) is 3.25. The van der Waals surface area contributed by atoms with Gasteiger partial charge in [-0.15, -0.1) is 11.3 Å². The Morgan fingerprint density at radius 3 is 2.65 bits per heavy atom. The molecule has 0 fully saturated rings. The maximum absolute atomic E-state index is 13.7. The summed E-state index contributed by atoms with van der Waals surface area (Å²) in [5.74, 6) is -0.281. The molecule has 0 aliphatic rings. The number of aliphatic hydroxyl groups is 1. The van der Waals surface area contributed by atoms with Gasteiger partial charge in [-0.25, -0.2) is 4.39 Å².